The van der Waals surface area contributed by atoms with Crippen LogP contribution in [0.25, 0.3) is 10.9 Å². The molecule has 2 aromatic carbocycles. The van der Waals surface area contributed by atoms with Gasteiger partial charge in [0.1, 0.15) is 17.4 Å². The Kier molecular flexibility index (Phi) is 3.90. The maximum atomic E-state index is 13.0. The van der Waals surface area contributed by atoms with Crippen LogP contribution >= 0.6 is 0 Å². The van der Waals surface area contributed by atoms with Crippen molar-refractivity contribution in [1.29, 1.82) is 0 Å². The lowest BCUT2D eigenvalue weighted by molar-refractivity contribution is -0.118. The highest BCUT2D eigenvalue weighted by atomic mass is 16.5. The number of nitrogens with one attached hydrogen (secondary N) is 3. The number of rotatable bonds is 5. The SMILES string of the molecule is COc1ccc2c(c1)[C@]1(C[C@H]1c1ccc3c(Nc4nc(C)ncc4C4CC4)n[nH]c3c1)C(=O)N2. The van der Waals surface area contributed by atoms with Crippen LogP contribution < -0.4 is 15.4 Å². The fraction of sp³-hybridized carbons (Fsp3) is 0.308. The van der Waals surface area contributed by atoms with Crippen molar-refractivity contribution in [1.82, 2.24) is 20.2 Å². The number of aromatic nitrogens is 4. The quantitative estimate of drug-likeness (QED) is 0.407. The monoisotopic (exact) mass is 452 g/mol. The summed E-state index contributed by atoms with van der Waals surface area (Å²) in [6.07, 6.45) is 5.07. The van der Waals surface area contributed by atoms with Gasteiger partial charge in [-0.2, -0.15) is 5.10 Å². The number of hydrogen-bond donors (Lipinski definition) is 3. The lowest BCUT2D eigenvalue weighted by atomic mass is 9.91. The average molecular weight is 453 g/mol. The van der Waals surface area contributed by atoms with Gasteiger partial charge in [0.25, 0.3) is 0 Å². The number of anilines is 3. The average Bonchev–Trinajstić information content (AvgIpc) is 3.75. The highest BCUT2D eigenvalue weighted by Crippen LogP contribution is 2.65. The molecule has 170 valence electrons. The van der Waals surface area contributed by atoms with Gasteiger partial charge in [0.2, 0.25) is 5.91 Å². The summed E-state index contributed by atoms with van der Waals surface area (Å²) in [6.45, 7) is 1.90. The van der Waals surface area contributed by atoms with E-state index in [-0.39, 0.29) is 11.8 Å². The van der Waals surface area contributed by atoms with Crippen LogP contribution in [-0.4, -0.2) is 33.2 Å². The number of fused-ring (bicyclic) bond motifs is 3. The lowest BCUT2D eigenvalue weighted by Gasteiger charge is -2.11. The summed E-state index contributed by atoms with van der Waals surface area (Å²) in [5.74, 6) is 3.81. The smallest absolute Gasteiger partial charge is 0.235 e. The Labute approximate surface area is 196 Å². The zero-order valence-corrected chi connectivity index (χ0v) is 19.0. The first kappa shape index (κ1) is 19.5. The summed E-state index contributed by atoms with van der Waals surface area (Å²) in [5, 5.41) is 15.2. The van der Waals surface area contributed by atoms with Gasteiger partial charge in [-0.15, -0.1) is 0 Å². The van der Waals surface area contributed by atoms with Crippen LogP contribution in [0.4, 0.5) is 17.3 Å². The van der Waals surface area contributed by atoms with E-state index < -0.39 is 5.41 Å². The predicted molar refractivity (Wildman–Crippen MR) is 129 cm³/mol. The third kappa shape index (κ3) is 2.77. The van der Waals surface area contributed by atoms with Crippen LogP contribution in [-0.2, 0) is 10.2 Å². The number of ether oxygens (including phenoxy) is 1. The minimum absolute atomic E-state index is 0.0690. The number of aryl methyl sites for hydroxylation is 1. The maximum absolute atomic E-state index is 13.0. The molecule has 2 aromatic heterocycles. The molecule has 4 aromatic rings. The van der Waals surface area contributed by atoms with Gasteiger partial charge in [-0.25, -0.2) is 9.97 Å². The molecule has 2 atom stereocenters. The molecule has 2 fully saturated rings. The van der Waals surface area contributed by atoms with Gasteiger partial charge in [-0.1, -0.05) is 6.07 Å². The number of carbonyl (C=O) groups excluding carboxylic acids is 1. The minimum atomic E-state index is -0.518. The third-order valence-corrected chi connectivity index (χ3v) is 7.50. The van der Waals surface area contributed by atoms with Crippen LogP contribution in [0.2, 0.25) is 0 Å². The second kappa shape index (κ2) is 6.79. The first-order valence-electron chi connectivity index (χ1n) is 11.7. The van der Waals surface area contributed by atoms with Gasteiger partial charge in [0, 0.05) is 28.8 Å². The van der Waals surface area contributed by atoms with E-state index in [1.807, 2.05) is 31.3 Å². The first-order chi connectivity index (χ1) is 16.6. The number of carbonyl (C=O) groups is 1. The summed E-state index contributed by atoms with van der Waals surface area (Å²) >= 11 is 0. The number of H-pyrrole nitrogens is 1. The third-order valence-electron chi connectivity index (χ3n) is 7.50. The van der Waals surface area contributed by atoms with Crippen molar-refractivity contribution in [3.8, 4) is 5.75 Å². The van der Waals surface area contributed by atoms with Crippen LogP contribution in [0.15, 0.2) is 42.6 Å². The number of benzene rings is 2. The summed E-state index contributed by atoms with van der Waals surface area (Å²) in [5.41, 5.74) is 4.61. The largest absolute Gasteiger partial charge is 0.497 e. The molecule has 0 radical (unpaired) electrons. The fourth-order valence-corrected chi connectivity index (χ4v) is 5.43. The Morgan fingerprint density at radius 1 is 1.15 bits per heavy atom. The van der Waals surface area contributed by atoms with Crippen molar-refractivity contribution in [2.75, 3.05) is 17.7 Å². The Bertz CT molecular complexity index is 1490. The lowest BCUT2D eigenvalue weighted by Crippen LogP contribution is -2.21. The van der Waals surface area contributed by atoms with Crippen LogP contribution in [0.1, 0.15) is 53.6 Å². The van der Waals surface area contributed by atoms with Crippen LogP contribution in [0.5, 0.6) is 5.75 Å². The molecule has 1 spiro atoms. The van der Waals surface area contributed by atoms with E-state index >= 15 is 0 Å². The second-order valence-electron chi connectivity index (χ2n) is 9.59. The summed E-state index contributed by atoms with van der Waals surface area (Å²) in [4.78, 5) is 22.0. The van der Waals surface area contributed by atoms with E-state index in [4.69, 9.17) is 4.74 Å². The highest BCUT2D eigenvalue weighted by Gasteiger charge is 2.65. The van der Waals surface area contributed by atoms with Crippen molar-refractivity contribution in [2.45, 2.75) is 43.4 Å². The Morgan fingerprint density at radius 3 is 2.85 bits per heavy atom. The van der Waals surface area contributed by atoms with Gasteiger partial charge >= 0.3 is 0 Å². The summed E-state index contributed by atoms with van der Waals surface area (Å²) in [7, 11) is 1.65. The van der Waals surface area contributed by atoms with Gasteiger partial charge in [0.05, 0.1) is 18.0 Å². The standard InChI is InChI=1S/C26H24N6O2/c1-13-27-12-18(14-3-4-14)23(28-13)30-24-17-7-5-15(9-22(17)31-32-24)20-11-26(20)19-10-16(34-2)6-8-21(19)29-25(26)33/h5-10,12,14,20H,3-4,11H2,1-2H3,(H,29,33)(H2,27,28,30,31,32)/t20-,26-/m0/s1. The number of amides is 1. The number of aromatic amines is 1. The summed E-state index contributed by atoms with van der Waals surface area (Å²) in [6, 6.07) is 12.1. The molecule has 1 aliphatic heterocycles. The van der Waals surface area contributed by atoms with Crippen LogP contribution in [0, 0.1) is 6.92 Å². The Balaban J connectivity index is 1.21. The molecular weight excluding hydrogens is 428 g/mol. The Morgan fingerprint density at radius 2 is 2.03 bits per heavy atom. The number of hydrogen-bond acceptors (Lipinski definition) is 6. The van der Waals surface area contributed by atoms with Crippen molar-refractivity contribution in [3.05, 3.63) is 65.1 Å². The van der Waals surface area contributed by atoms with Gasteiger partial charge < -0.3 is 15.4 Å². The molecule has 8 nitrogen and oxygen atoms in total. The van der Waals surface area contributed by atoms with E-state index in [0.29, 0.717) is 5.92 Å². The molecule has 8 heteroatoms. The Hall–Kier alpha value is -3.94. The summed E-state index contributed by atoms with van der Waals surface area (Å²) < 4.78 is 5.41. The molecule has 0 bridgehead atoms. The number of nitrogens with zero attached hydrogens (tertiary/aromatic N) is 3. The number of methoxy groups -OCH3 is 1. The molecule has 7 rings (SSSR count). The second-order valence-corrected chi connectivity index (χ2v) is 9.59. The molecule has 1 amide bonds. The molecule has 3 N–H and O–H groups in total. The molecule has 3 aliphatic rings. The topological polar surface area (TPSA) is 105 Å². The molecule has 0 unspecified atom stereocenters. The van der Waals surface area contributed by atoms with E-state index in [9.17, 15) is 4.79 Å². The van der Waals surface area contributed by atoms with Crippen molar-refractivity contribution in [2.24, 2.45) is 0 Å². The van der Waals surface area contributed by atoms with E-state index in [1.54, 1.807) is 7.11 Å². The highest BCUT2D eigenvalue weighted by molar-refractivity contribution is 6.10. The maximum Gasteiger partial charge on any atom is 0.235 e. The molecular formula is C26H24N6O2. The van der Waals surface area contributed by atoms with Gasteiger partial charge in [-0.3, -0.25) is 9.89 Å². The zero-order valence-electron chi connectivity index (χ0n) is 19.0. The van der Waals surface area contributed by atoms with E-state index in [2.05, 4.69) is 49.0 Å². The van der Waals surface area contributed by atoms with Crippen molar-refractivity contribution in [3.63, 3.8) is 0 Å². The molecule has 2 saturated carbocycles. The fourth-order valence-electron chi connectivity index (χ4n) is 5.43. The first-order valence-corrected chi connectivity index (χ1v) is 11.7. The van der Waals surface area contributed by atoms with Crippen molar-refractivity contribution < 1.29 is 9.53 Å². The normalized spacial score (nSPS) is 22.6. The van der Waals surface area contributed by atoms with Crippen LogP contribution in [0.3, 0.4) is 0 Å². The molecule has 0 saturated heterocycles. The van der Waals surface area contributed by atoms with Crippen molar-refractivity contribution >= 4 is 34.1 Å². The predicted octanol–water partition coefficient (Wildman–Crippen LogP) is 4.67. The molecule has 2 aliphatic carbocycles. The molecule has 34 heavy (non-hydrogen) atoms. The molecule has 3 heterocycles. The van der Waals surface area contributed by atoms with E-state index in [1.165, 1.54) is 12.8 Å². The minimum Gasteiger partial charge on any atom is -0.497 e. The van der Waals surface area contributed by atoms with Gasteiger partial charge in [-0.05, 0) is 73.6 Å². The van der Waals surface area contributed by atoms with E-state index in [0.717, 1.165) is 62.9 Å². The van der Waals surface area contributed by atoms with Gasteiger partial charge in [0.15, 0.2) is 5.82 Å². The zero-order chi connectivity index (χ0) is 23.0.